The molecule has 9 heteroatoms. The van der Waals surface area contributed by atoms with Gasteiger partial charge in [0.15, 0.2) is 11.0 Å². The first-order chi connectivity index (χ1) is 16.5. The summed E-state index contributed by atoms with van der Waals surface area (Å²) in [6, 6.07) is 22.8. The van der Waals surface area contributed by atoms with E-state index in [2.05, 4.69) is 20.7 Å². The average molecular weight is 492 g/mol. The number of hydrogen-bond donors (Lipinski definition) is 1. The number of rotatable bonds is 8. The van der Waals surface area contributed by atoms with Gasteiger partial charge in [0.25, 0.3) is 5.91 Å². The zero-order chi connectivity index (χ0) is 23.9. The molecule has 0 aliphatic carbocycles. The van der Waals surface area contributed by atoms with Crippen molar-refractivity contribution in [3.8, 4) is 22.8 Å². The lowest BCUT2D eigenvalue weighted by molar-refractivity contribution is -0.118. The van der Waals surface area contributed by atoms with Crippen molar-refractivity contribution in [3.63, 3.8) is 0 Å². The molecule has 3 aromatic carbocycles. The Kier molecular flexibility index (Phi) is 7.61. The van der Waals surface area contributed by atoms with Crippen LogP contribution in [0.25, 0.3) is 17.1 Å². The van der Waals surface area contributed by atoms with Gasteiger partial charge in [-0.2, -0.15) is 5.10 Å². The molecule has 0 fully saturated rings. The lowest BCUT2D eigenvalue weighted by atomic mass is 10.2. The van der Waals surface area contributed by atoms with Crippen molar-refractivity contribution in [2.24, 2.45) is 5.10 Å². The van der Waals surface area contributed by atoms with Crippen LogP contribution >= 0.6 is 23.4 Å². The molecule has 172 valence electrons. The maximum absolute atomic E-state index is 12.4. The van der Waals surface area contributed by atoms with Crippen molar-refractivity contribution >= 4 is 35.5 Å². The first-order valence-electron chi connectivity index (χ1n) is 10.4. The van der Waals surface area contributed by atoms with Gasteiger partial charge in [0.2, 0.25) is 0 Å². The third-order valence-corrected chi connectivity index (χ3v) is 6.06. The molecule has 0 spiro atoms. The third kappa shape index (κ3) is 5.84. The van der Waals surface area contributed by atoms with Gasteiger partial charge >= 0.3 is 0 Å². The summed E-state index contributed by atoms with van der Waals surface area (Å²) < 4.78 is 7.20. The summed E-state index contributed by atoms with van der Waals surface area (Å²) in [5.74, 6) is 1.32. The molecule has 4 aromatic rings. The number of aromatic nitrogens is 3. The Bertz CT molecular complexity index is 1290. The monoisotopic (exact) mass is 491 g/mol. The third-order valence-electron chi connectivity index (χ3n) is 4.88. The average Bonchev–Trinajstić information content (AvgIpc) is 3.28. The van der Waals surface area contributed by atoms with Crippen LogP contribution in [0.1, 0.15) is 11.1 Å². The lowest BCUT2D eigenvalue weighted by Crippen LogP contribution is -2.20. The van der Waals surface area contributed by atoms with E-state index in [1.807, 2.05) is 72.2 Å². The standard InChI is InChI=1S/C25H22ClN5O2S/c1-17-3-11-21(12-4-17)31-24(19-7-13-22(33-2)14-8-19)29-30-25(31)34-16-23(32)28-27-15-18-5-9-20(26)10-6-18/h3-15H,16H2,1-2H3,(H,28,32)/b27-15-. The highest BCUT2D eigenvalue weighted by Gasteiger charge is 2.17. The summed E-state index contributed by atoms with van der Waals surface area (Å²) in [5, 5.41) is 14.0. The van der Waals surface area contributed by atoms with Gasteiger partial charge in [-0.25, -0.2) is 5.43 Å². The molecule has 0 aliphatic heterocycles. The number of thioether (sulfide) groups is 1. The van der Waals surface area contributed by atoms with Crippen LogP contribution in [0.3, 0.4) is 0 Å². The highest BCUT2D eigenvalue weighted by molar-refractivity contribution is 7.99. The molecule has 0 aliphatic rings. The first-order valence-corrected chi connectivity index (χ1v) is 11.8. The Morgan fingerprint density at radius 3 is 2.44 bits per heavy atom. The molecule has 1 amide bonds. The number of hydrogen-bond acceptors (Lipinski definition) is 6. The summed E-state index contributed by atoms with van der Waals surface area (Å²) in [6.45, 7) is 2.03. The quantitative estimate of drug-likeness (QED) is 0.209. The number of aryl methyl sites for hydroxylation is 1. The van der Waals surface area contributed by atoms with Crippen LogP contribution in [0.15, 0.2) is 83.1 Å². The molecule has 0 bridgehead atoms. The van der Waals surface area contributed by atoms with Crippen molar-refractivity contribution in [1.82, 2.24) is 20.2 Å². The van der Waals surface area contributed by atoms with Crippen molar-refractivity contribution < 1.29 is 9.53 Å². The fourth-order valence-electron chi connectivity index (χ4n) is 3.11. The van der Waals surface area contributed by atoms with Crippen molar-refractivity contribution in [2.75, 3.05) is 12.9 Å². The predicted molar refractivity (Wildman–Crippen MR) is 136 cm³/mol. The van der Waals surface area contributed by atoms with Gasteiger partial charge < -0.3 is 4.74 Å². The minimum Gasteiger partial charge on any atom is -0.497 e. The number of ether oxygens (including phenoxy) is 1. The Morgan fingerprint density at radius 2 is 1.76 bits per heavy atom. The van der Waals surface area contributed by atoms with Crippen molar-refractivity contribution in [3.05, 3.63) is 88.9 Å². The number of methoxy groups -OCH3 is 1. The normalized spacial score (nSPS) is 11.0. The minimum atomic E-state index is -0.250. The molecule has 0 atom stereocenters. The summed E-state index contributed by atoms with van der Waals surface area (Å²) in [6.07, 6.45) is 1.56. The Balaban J connectivity index is 1.51. The Labute approximate surface area is 206 Å². The van der Waals surface area contributed by atoms with E-state index in [4.69, 9.17) is 16.3 Å². The van der Waals surface area contributed by atoms with Gasteiger partial charge in [0.05, 0.1) is 19.1 Å². The van der Waals surface area contributed by atoms with Crippen LogP contribution in [0.2, 0.25) is 5.02 Å². The van der Waals surface area contributed by atoms with Crippen LogP contribution in [0, 0.1) is 6.92 Å². The molecule has 0 saturated heterocycles. The molecule has 4 rings (SSSR count). The van der Waals surface area contributed by atoms with Gasteiger partial charge in [-0.1, -0.05) is 53.2 Å². The molecule has 0 radical (unpaired) electrons. The molecule has 1 N–H and O–H groups in total. The summed E-state index contributed by atoms with van der Waals surface area (Å²) >= 11 is 7.17. The van der Waals surface area contributed by atoms with Crippen LogP contribution in [0.5, 0.6) is 5.75 Å². The lowest BCUT2D eigenvalue weighted by Gasteiger charge is -2.11. The number of halogens is 1. The van der Waals surface area contributed by atoms with E-state index in [0.717, 1.165) is 28.1 Å². The fraction of sp³-hybridized carbons (Fsp3) is 0.120. The minimum absolute atomic E-state index is 0.130. The van der Waals surface area contributed by atoms with Gasteiger partial charge in [-0.3, -0.25) is 9.36 Å². The maximum atomic E-state index is 12.4. The highest BCUT2D eigenvalue weighted by Crippen LogP contribution is 2.29. The largest absolute Gasteiger partial charge is 0.497 e. The maximum Gasteiger partial charge on any atom is 0.250 e. The van der Waals surface area contributed by atoms with E-state index in [1.54, 1.807) is 25.5 Å². The van der Waals surface area contributed by atoms with E-state index >= 15 is 0 Å². The zero-order valence-electron chi connectivity index (χ0n) is 18.6. The van der Waals surface area contributed by atoms with E-state index in [-0.39, 0.29) is 11.7 Å². The predicted octanol–water partition coefficient (Wildman–Crippen LogP) is 5.15. The topological polar surface area (TPSA) is 81.4 Å². The molecular formula is C25H22ClN5O2S. The van der Waals surface area contributed by atoms with Gasteiger partial charge in [-0.15, -0.1) is 10.2 Å². The van der Waals surface area contributed by atoms with Crippen LogP contribution in [-0.4, -0.2) is 39.7 Å². The SMILES string of the molecule is COc1ccc(-c2nnc(SCC(=O)N/N=C\c3ccc(Cl)cc3)n2-c2ccc(C)cc2)cc1. The van der Waals surface area contributed by atoms with E-state index in [9.17, 15) is 4.79 Å². The van der Waals surface area contributed by atoms with Crippen molar-refractivity contribution in [2.45, 2.75) is 12.1 Å². The van der Waals surface area contributed by atoms with Crippen molar-refractivity contribution in [1.29, 1.82) is 0 Å². The van der Waals surface area contributed by atoms with E-state index < -0.39 is 0 Å². The summed E-state index contributed by atoms with van der Waals surface area (Å²) in [7, 11) is 1.63. The first kappa shape index (κ1) is 23.5. The number of nitrogens with one attached hydrogen (secondary N) is 1. The van der Waals surface area contributed by atoms with Gasteiger partial charge in [0, 0.05) is 16.3 Å². The Hall–Kier alpha value is -3.62. The zero-order valence-corrected chi connectivity index (χ0v) is 20.2. The molecule has 7 nitrogen and oxygen atoms in total. The fourth-order valence-corrected chi connectivity index (χ4v) is 3.98. The second kappa shape index (κ2) is 11.0. The molecular weight excluding hydrogens is 470 g/mol. The van der Waals surface area contributed by atoms with Crippen LogP contribution in [0.4, 0.5) is 0 Å². The van der Waals surface area contributed by atoms with Gasteiger partial charge in [0.1, 0.15) is 5.75 Å². The van der Waals surface area contributed by atoms with Crippen LogP contribution in [-0.2, 0) is 4.79 Å². The number of nitrogens with zero attached hydrogens (tertiary/aromatic N) is 4. The summed E-state index contributed by atoms with van der Waals surface area (Å²) in [4.78, 5) is 12.4. The molecule has 1 aromatic heterocycles. The molecule has 0 saturated carbocycles. The van der Waals surface area contributed by atoms with Crippen LogP contribution < -0.4 is 10.2 Å². The second-order valence-corrected chi connectivity index (χ2v) is 8.72. The second-order valence-electron chi connectivity index (χ2n) is 7.34. The van der Waals surface area contributed by atoms with E-state index in [0.29, 0.717) is 16.0 Å². The van der Waals surface area contributed by atoms with E-state index in [1.165, 1.54) is 11.8 Å². The number of carbonyl (C=O) groups is 1. The number of amides is 1. The number of benzene rings is 3. The Morgan fingerprint density at radius 1 is 1.06 bits per heavy atom. The molecule has 0 unspecified atom stereocenters. The molecule has 34 heavy (non-hydrogen) atoms. The number of carbonyl (C=O) groups excluding carboxylic acids is 1. The number of hydrazone groups is 1. The smallest absolute Gasteiger partial charge is 0.250 e. The highest BCUT2D eigenvalue weighted by atomic mass is 35.5. The summed E-state index contributed by atoms with van der Waals surface area (Å²) in [5.41, 5.74) is 6.32. The van der Waals surface area contributed by atoms with Gasteiger partial charge in [-0.05, 0) is 61.0 Å². The molecule has 1 heterocycles.